The minimum absolute atomic E-state index is 0.0528. The van der Waals surface area contributed by atoms with Crippen molar-refractivity contribution in [2.75, 3.05) is 6.61 Å². The average molecular weight is 124 g/mol. The Hall–Kier alpha value is -0.703. The summed E-state index contributed by atoms with van der Waals surface area (Å²) in [6.45, 7) is -0.0528. The van der Waals surface area contributed by atoms with E-state index in [1.807, 2.05) is 0 Å². The van der Waals surface area contributed by atoms with E-state index in [0.717, 1.165) is 10.2 Å². The molecule has 0 aromatic heterocycles. The fourth-order valence-corrected chi connectivity index (χ4v) is 0.428. The van der Waals surface area contributed by atoms with Crippen molar-refractivity contribution in [2.24, 2.45) is 0 Å². The highest BCUT2D eigenvalue weighted by molar-refractivity contribution is 6.22. The van der Waals surface area contributed by atoms with Crippen LogP contribution in [0.5, 0.6) is 0 Å². The molecule has 0 unspecified atom stereocenters. The van der Waals surface area contributed by atoms with E-state index in [4.69, 9.17) is 5.11 Å². The highest BCUT2D eigenvalue weighted by Crippen LogP contribution is 1.66. The Labute approximate surface area is 52.5 Å². The molecule has 0 spiro atoms. The van der Waals surface area contributed by atoms with Crippen molar-refractivity contribution >= 4 is 10.2 Å². The van der Waals surface area contributed by atoms with Gasteiger partial charge in [0, 0.05) is 0 Å². The van der Waals surface area contributed by atoms with E-state index in [2.05, 4.69) is 23.3 Å². The highest BCUT2D eigenvalue weighted by Gasteiger charge is 1.61. The molecule has 0 atom stereocenters. The second-order valence-corrected chi connectivity index (χ2v) is 1.62. The summed E-state index contributed by atoms with van der Waals surface area (Å²) in [5.41, 5.74) is 2.83. The molecule has 0 fully saturated rings. The molecule has 0 radical (unpaired) electrons. The van der Waals surface area contributed by atoms with Crippen LogP contribution in [0, 0.1) is 23.3 Å². The molecule has 42 valence electrons. The monoisotopic (exact) mass is 124 g/mol. The maximum absolute atomic E-state index is 8.15. The molecular formula is C6H8OSi. The Balaban J connectivity index is 3.24. The first-order valence-electron chi connectivity index (χ1n) is 2.38. The molecule has 0 bridgehead atoms. The number of rotatable bonds is 0. The third-order valence-electron chi connectivity index (χ3n) is 0.558. The lowest BCUT2D eigenvalue weighted by Crippen LogP contribution is -1.70. The van der Waals surface area contributed by atoms with Gasteiger partial charge in [0.25, 0.3) is 0 Å². The molecule has 0 aliphatic rings. The van der Waals surface area contributed by atoms with E-state index in [0.29, 0.717) is 6.42 Å². The fraction of sp³-hybridized carbons (Fsp3) is 0.333. The van der Waals surface area contributed by atoms with Crippen LogP contribution in [0.3, 0.4) is 0 Å². The summed E-state index contributed by atoms with van der Waals surface area (Å²) >= 11 is 0. The molecule has 0 saturated carbocycles. The maximum atomic E-state index is 8.15. The van der Waals surface area contributed by atoms with Gasteiger partial charge < -0.3 is 5.11 Å². The van der Waals surface area contributed by atoms with Crippen LogP contribution in [0.25, 0.3) is 0 Å². The van der Waals surface area contributed by atoms with E-state index in [1.54, 1.807) is 0 Å². The van der Waals surface area contributed by atoms with Crippen LogP contribution in [-0.2, 0) is 0 Å². The maximum Gasteiger partial charge on any atom is 0.104 e. The lowest BCUT2D eigenvalue weighted by atomic mass is 10.4. The van der Waals surface area contributed by atoms with E-state index < -0.39 is 0 Å². The van der Waals surface area contributed by atoms with Crippen molar-refractivity contribution < 1.29 is 5.11 Å². The SMILES string of the molecule is OCC#CCC#C[SiH3]. The number of aliphatic hydroxyl groups excluding tert-OH is 1. The summed E-state index contributed by atoms with van der Waals surface area (Å²) in [5, 5.41) is 8.15. The van der Waals surface area contributed by atoms with Crippen LogP contribution >= 0.6 is 0 Å². The third-order valence-corrected chi connectivity index (χ3v) is 0.911. The molecule has 0 heterocycles. The summed E-state index contributed by atoms with van der Waals surface area (Å²) in [6, 6.07) is 0. The Morgan fingerprint density at radius 1 is 1.25 bits per heavy atom. The number of hydrogen-bond donors (Lipinski definition) is 1. The molecule has 0 aromatic carbocycles. The fourth-order valence-electron chi connectivity index (χ4n) is 0.251. The van der Waals surface area contributed by atoms with Gasteiger partial charge in [0.2, 0.25) is 0 Å². The number of hydrogen-bond acceptors (Lipinski definition) is 1. The Morgan fingerprint density at radius 3 is 2.50 bits per heavy atom. The molecule has 2 heteroatoms. The summed E-state index contributed by atoms with van der Waals surface area (Å²) in [6.07, 6.45) is 0.601. The van der Waals surface area contributed by atoms with Gasteiger partial charge in [0.1, 0.15) is 6.61 Å². The normalized spacial score (nSPS) is 6.12. The van der Waals surface area contributed by atoms with Crippen LogP contribution in [0.15, 0.2) is 0 Å². The van der Waals surface area contributed by atoms with Crippen molar-refractivity contribution in [3.05, 3.63) is 0 Å². The third kappa shape index (κ3) is 5.30. The first-order chi connectivity index (χ1) is 3.91. The lowest BCUT2D eigenvalue weighted by Gasteiger charge is -1.68. The molecule has 0 aliphatic carbocycles. The Kier molecular flexibility index (Phi) is 5.74. The van der Waals surface area contributed by atoms with Gasteiger partial charge in [-0.15, -0.1) is 5.54 Å². The van der Waals surface area contributed by atoms with Crippen molar-refractivity contribution in [1.82, 2.24) is 0 Å². The number of aliphatic hydroxyl groups is 1. The van der Waals surface area contributed by atoms with Gasteiger partial charge in [-0.3, -0.25) is 0 Å². The molecule has 8 heavy (non-hydrogen) atoms. The lowest BCUT2D eigenvalue weighted by molar-refractivity contribution is 0.350. The van der Waals surface area contributed by atoms with Gasteiger partial charge in [-0.2, -0.15) is 0 Å². The molecule has 0 amide bonds. The Morgan fingerprint density at radius 2 is 2.00 bits per heavy atom. The van der Waals surface area contributed by atoms with Gasteiger partial charge in [0.05, 0.1) is 16.7 Å². The van der Waals surface area contributed by atoms with Crippen molar-refractivity contribution in [3.63, 3.8) is 0 Å². The molecule has 0 saturated heterocycles. The van der Waals surface area contributed by atoms with Gasteiger partial charge in [0.15, 0.2) is 0 Å². The van der Waals surface area contributed by atoms with Crippen LogP contribution in [0.1, 0.15) is 6.42 Å². The summed E-state index contributed by atoms with van der Waals surface area (Å²) in [5.74, 6) is 8.00. The van der Waals surface area contributed by atoms with Crippen LogP contribution < -0.4 is 0 Å². The standard InChI is InChI=1S/C6H8OSi/c7-5-3-1-2-4-6-8/h7H,2,5H2,8H3. The van der Waals surface area contributed by atoms with Crippen molar-refractivity contribution in [3.8, 4) is 23.3 Å². The first kappa shape index (κ1) is 7.30. The molecule has 0 rings (SSSR count). The molecular weight excluding hydrogens is 116 g/mol. The minimum atomic E-state index is -0.0528. The van der Waals surface area contributed by atoms with Crippen molar-refractivity contribution in [1.29, 1.82) is 0 Å². The van der Waals surface area contributed by atoms with Gasteiger partial charge in [-0.1, -0.05) is 17.8 Å². The summed E-state index contributed by atoms with van der Waals surface area (Å²) in [4.78, 5) is 0. The largest absolute Gasteiger partial charge is 0.384 e. The summed E-state index contributed by atoms with van der Waals surface area (Å²) < 4.78 is 0. The van der Waals surface area contributed by atoms with Gasteiger partial charge in [-0.25, -0.2) is 0 Å². The first-order valence-corrected chi connectivity index (χ1v) is 3.38. The van der Waals surface area contributed by atoms with E-state index in [9.17, 15) is 0 Å². The van der Waals surface area contributed by atoms with Crippen LogP contribution in [-0.4, -0.2) is 22.0 Å². The van der Waals surface area contributed by atoms with Crippen LogP contribution in [0.2, 0.25) is 0 Å². The topological polar surface area (TPSA) is 20.2 Å². The predicted octanol–water partition coefficient (Wildman–Crippen LogP) is -1.30. The van der Waals surface area contributed by atoms with Gasteiger partial charge in [-0.05, 0) is 0 Å². The van der Waals surface area contributed by atoms with Crippen molar-refractivity contribution in [2.45, 2.75) is 6.42 Å². The second kappa shape index (κ2) is 6.30. The summed E-state index contributed by atoms with van der Waals surface area (Å²) in [7, 11) is 0.916. The minimum Gasteiger partial charge on any atom is -0.384 e. The Bertz CT molecular complexity index is 153. The zero-order chi connectivity index (χ0) is 6.24. The molecule has 1 N–H and O–H groups in total. The highest BCUT2D eigenvalue weighted by atomic mass is 28.1. The molecule has 0 aliphatic heterocycles. The van der Waals surface area contributed by atoms with E-state index in [1.165, 1.54) is 0 Å². The molecule has 0 aromatic rings. The molecule has 1 nitrogen and oxygen atoms in total. The smallest absolute Gasteiger partial charge is 0.104 e. The zero-order valence-electron chi connectivity index (χ0n) is 4.86. The predicted molar refractivity (Wildman–Crippen MR) is 37.2 cm³/mol. The zero-order valence-corrected chi connectivity index (χ0v) is 6.86. The van der Waals surface area contributed by atoms with E-state index in [-0.39, 0.29) is 6.61 Å². The average Bonchev–Trinajstić information content (AvgIpc) is 1.81. The van der Waals surface area contributed by atoms with Gasteiger partial charge >= 0.3 is 0 Å². The quantitative estimate of drug-likeness (QED) is 0.314. The van der Waals surface area contributed by atoms with Crippen LogP contribution in [0.4, 0.5) is 0 Å². The second-order valence-electron chi connectivity index (χ2n) is 1.12. The van der Waals surface area contributed by atoms with E-state index >= 15 is 0 Å².